The van der Waals surface area contributed by atoms with Crippen molar-refractivity contribution in [3.8, 4) is 5.75 Å². The number of hydrogen-bond donors (Lipinski definition) is 2. The van der Waals surface area contributed by atoms with E-state index < -0.39 is 11.4 Å². The maximum absolute atomic E-state index is 10.0. The third-order valence-corrected chi connectivity index (χ3v) is 2.84. The molecule has 0 fully saturated rings. The predicted octanol–water partition coefficient (Wildman–Crippen LogP) is 3.70. The van der Waals surface area contributed by atoms with Gasteiger partial charge in [0.25, 0.3) is 0 Å². The highest BCUT2D eigenvalue weighted by atomic mass is 16.5. The van der Waals surface area contributed by atoms with E-state index >= 15 is 0 Å². The van der Waals surface area contributed by atoms with Gasteiger partial charge in [-0.1, -0.05) is 25.5 Å². The Kier molecular flexibility index (Phi) is 9.46. The highest BCUT2D eigenvalue weighted by Gasteiger charge is 2.18. The average Bonchev–Trinajstić information content (AvgIpc) is 2.44. The lowest BCUT2D eigenvalue weighted by atomic mass is 9.98. The molecule has 4 heteroatoms. The van der Waals surface area contributed by atoms with E-state index in [4.69, 9.17) is 9.84 Å². The Balaban J connectivity index is 0.000000486. The minimum atomic E-state index is -0.757. The van der Waals surface area contributed by atoms with Gasteiger partial charge in [0.1, 0.15) is 5.75 Å². The summed E-state index contributed by atoms with van der Waals surface area (Å²) in [6.07, 6.45) is 2.49. The lowest BCUT2D eigenvalue weighted by Crippen LogP contribution is -2.18. The van der Waals surface area contributed by atoms with E-state index in [1.807, 2.05) is 12.1 Å². The number of benzene rings is 1. The van der Waals surface area contributed by atoms with Crippen LogP contribution in [0.15, 0.2) is 24.3 Å². The van der Waals surface area contributed by atoms with Gasteiger partial charge in [-0.25, -0.2) is 0 Å². The first kappa shape index (κ1) is 19.4. The second kappa shape index (κ2) is 10.2. The highest BCUT2D eigenvalue weighted by molar-refractivity contribution is 5.72. The molecule has 0 saturated heterocycles. The molecule has 0 amide bonds. The second-order valence-electron chi connectivity index (χ2n) is 5.93. The molecule has 2 N–H and O–H groups in total. The van der Waals surface area contributed by atoms with Crippen LogP contribution in [-0.2, 0) is 11.3 Å². The van der Waals surface area contributed by atoms with Crippen LogP contribution in [0.1, 0.15) is 46.1 Å². The first-order valence-electron chi connectivity index (χ1n) is 7.38. The van der Waals surface area contributed by atoms with Crippen molar-refractivity contribution < 1.29 is 14.6 Å². The van der Waals surface area contributed by atoms with Crippen molar-refractivity contribution in [1.29, 1.82) is 0 Å². The van der Waals surface area contributed by atoms with Gasteiger partial charge >= 0.3 is 5.97 Å². The standard InChI is InChI=1S/C12H19NO.C5H10O2/c1-3-4-9-13-10-11-5-7-12(14-2)8-6-11;1-5(2,3)4(6)7/h5-8,13H,3-4,9-10H2,1-2H3;1-3H3,(H,6,7). The van der Waals surface area contributed by atoms with Crippen LogP contribution >= 0.6 is 0 Å². The van der Waals surface area contributed by atoms with Crippen molar-refractivity contribution in [3.63, 3.8) is 0 Å². The number of unbranched alkanes of at least 4 members (excludes halogenated alkanes) is 1. The van der Waals surface area contributed by atoms with Crippen LogP contribution in [0.5, 0.6) is 5.75 Å². The van der Waals surface area contributed by atoms with Gasteiger partial charge in [-0.05, 0) is 51.4 Å². The van der Waals surface area contributed by atoms with Crippen LogP contribution in [0.3, 0.4) is 0 Å². The Bertz CT molecular complexity index is 393. The number of nitrogens with one attached hydrogen (secondary N) is 1. The summed E-state index contributed by atoms with van der Waals surface area (Å²) >= 11 is 0. The number of aliphatic carboxylic acids is 1. The molecule has 0 unspecified atom stereocenters. The Morgan fingerprint density at radius 1 is 1.24 bits per heavy atom. The normalized spacial score (nSPS) is 10.5. The Hall–Kier alpha value is -1.55. The third-order valence-electron chi connectivity index (χ3n) is 2.84. The SMILES string of the molecule is CC(C)(C)C(=O)O.CCCCNCc1ccc(OC)cc1. The Labute approximate surface area is 128 Å². The first-order valence-corrected chi connectivity index (χ1v) is 7.38. The molecule has 0 atom stereocenters. The minimum Gasteiger partial charge on any atom is -0.497 e. The molecule has 1 aromatic carbocycles. The Morgan fingerprint density at radius 3 is 2.14 bits per heavy atom. The molecule has 0 aliphatic rings. The van der Waals surface area contributed by atoms with Crippen LogP contribution in [0, 0.1) is 5.41 Å². The number of methoxy groups -OCH3 is 1. The van der Waals surface area contributed by atoms with Crippen LogP contribution in [0.2, 0.25) is 0 Å². The molecule has 0 saturated carbocycles. The smallest absolute Gasteiger partial charge is 0.308 e. The van der Waals surface area contributed by atoms with Gasteiger partial charge in [0, 0.05) is 6.54 Å². The van der Waals surface area contributed by atoms with E-state index in [9.17, 15) is 4.79 Å². The fourth-order valence-electron chi connectivity index (χ4n) is 1.28. The lowest BCUT2D eigenvalue weighted by Gasteiger charge is -2.08. The topological polar surface area (TPSA) is 58.6 Å². The third kappa shape index (κ3) is 9.91. The summed E-state index contributed by atoms with van der Waals surface area (Å²) in [5.74, 6) is 0.162. The van der Waals surface area contributed by atoms with Gasteiger partial charge in [-0.15, -0.1) is 0 Å². The average molecular weight is 295 g/mol. The summed E-state index contributed by atoms with van der Waals surface area (Å²) < 4.78 is 5.09. The molecule has 0 radical (unpaired) electrons. The van der Waals surface area contributed by atoms with E-state index in [-0.39, 0.29) is 0 Å². The van der Waals surface area contributed by atoms with Gasteiger partial charge in [-0.3, -0.25) is 4.79 Å². The molecule has 0 aliphatic heterocycles. The van der Waals surface area contributed by atoms with E-state index in [0.717, 1.165) is 18.8 Å². The monoisotopic (exact) mass is 295 g/mol. The summed E-state index contributed by atoms with van der Waals surface area (Å²) in [4.78, 5) is 10.0. The minimum absolute atomic E-state index is 0.583. The quantitative estimate of drug-likeness (QED) is 0.786. The van der Waals surface area contributed by atoms with Crippen molar-refractivity contribution in [1.82, 2.24) is 5.32 Å². The van der Waals surface area contributed by atoms with Crippen molar-refractivity contribution >= 4 is 5.97 Å². The van der Waals surface area contributed by atoms with Crippen LogP contribution < -0.4 is 10.1 Å². The molecular weight excluding hydrogens is 266 g/mol. The van der Waals surface area contributed by atoms with Crippen molar-refractivity contribution in [2.24, 2.45) is 5.41 Å². The summed E-state index contributed by atoms with van der Waals surface area (Å²) in [6, 6.07) is 8.18. The molecule has 0 aromatic heterocycles. The van der Waals surface area contributed by atoms with E-state index in [2.05, 4.69) is 24.4 Å². The molecule has 4 nitrogen and oxygen atoms in total. The Morgan fingerprint density at radius 2 is 1.76 bits per heavy atom. The van der Waals surface area contributed by atoms with Crippen molar-refractivity contribution in [2.45, 2.75) is 47.1 Å². The summed E-state index contributed by atoms with van der Waals surface area (Å²) in [7, 11) is 1.69. The number of carboxylic acid groups (broad SMARTS) is 1. The number of hydrogen-bond acceptors (Lipinski definition) is 3. The second-order valence-corrected chi connectivity index (χ2v) is 5.93. The number of carboxylic acids is 1. The summed E-state index contributed by atoms with van der Waals surface area (Å²) in [6.45, 7) is 9.24. The largest absolute Gasteiger partial charge is 0.497 e. The van der Waals surface area contributed by atoms with Crippen LogP contribution in [-0.4, -0.2) is 24.7 Å². The fourth-order valence-corrected chi connectivity index (χ4v) is 1.28. The zero-order valence-electron chi connectivity index (χ0n) is 13.9. The van der Waals surface area contributed by atoms with Gasteiger partial charge < -0.3 is 15.2 Å². The predicted molar refractivity (Wildman–Crippen MR) is 86.7 cm³/mol. The number of ether oxygens (including phenoxy) is 1. The van der Waals surface area contributed by atoms with E-state index in [1.165, 1.54) is 18.4 Å². The molecule has 1 rings (SSSR count). The van der Waals surface area contributed by atoms with Gasteiger partial charge in [0.2, 0.25) is 0 Å². The fraction of sp³-hybridized carbons (Fsp3) is 0.588. The van der Waals surface area contributed by atoms with Crippen molar-refractivity contribution in [2.75, 3.05) is 13.7 Å². The maximum Gasteiger partial charge on any atom is 0.308 e. The van der Waals surface area contributed by atoms with Gasteiger partial charge in [-0.2, -0.15) is 0 Å². The molecule has 1 aromatic rings. The molecule has 0 bridgehead atoms. The molecule has 0 aliphatic carbocycles. The van der Waals surface area contributed by atoms with Crippen LogP contribution in [0.4, 0.5) is 0 Å². The first-order chi connectivity index (χ1) is 9.81. The zero-order valence-corrected chi connectivity index (χ0v) is 13.9. The van der Waals surface area contributed by atoms with E-state index in [1.54, 1.807) is 27.9 Å². The van der Waals surface area contributed by atoms with E-state index in [0.29, 0.717) is 0 Å². The maximum atomic E-state index is 10.0. The molecular formula is C17H29NO3. The number of rotatable bonds is 6. The summed E-state index contributed by atoms with van der Waals surface area (Å²) in [5, 5.41) is 11.6. The highest BCUT2D eigenvalue weighted by Crippen LogP contribution is 2.11. The molecule has 21 heavy (non-hydrogen) atoms. The molecule has 0 heterocycles. The zero-order chi connectivity index (χ0) is 16.3. The number of carbonyl (C=O) groups is 1. The molecule has 120 valence electrons. The van der Waals surface area contributed by atoms with Crippen LogP contribution in [0.25, 0.3) is 0 Å². The molecule has 0 spiro atoms. The summed E-state index contributed by atoms with van der Waals surface area (Å²) in [5.41, 5.74) is 0.724. The van der Waals surface area contributed by atoms with Gasteiger partial charge in [0.15, 0.2) is 0 Å². The van der Waals surface area contributed by atoms with Gasteiger partial charge in [0.05, 0.1) is 12.5 Å². The lowest BCUT2D eigenvalue weighted by molar-refractivity contribution is -0.145. The van der Waals surface area contributed by atoms with Crippen molar-refractivity contribution in [3.05, 3.63) is 29.8 Å².